The topological polar surface area (TPSA) is 76.9 Å². The van der Waals surface area contributed by atoms with E-state index in [0.717, 1.165) is 4.68 Å². The fraction of sp³-hybridized carbons (Fsp3) is 0.0667. The zero-order valence-electron chi connectivity index (χ0n) is 12.5. The Hall–Kier alpha value is -2.88. The van der Waals surface area contributed by atoms with Crippen LogP contribution in [0.1, 0.15) is 5.69 Å². The van der Waals surface area contributed by atoms with Crippen molar-refractivity contribution in [1.82, 2.24) is 14.6 Å². The van der Waals surface area contributed by atoms with Gasteiger partial charge in [0, 0.05) is 18.0 Å². The molecule has 0 amide bonds. The molecule has 0 radical (unpaired) electrons. The van der Waals surface area contributed by atoms with Crippen molar-refractivity contribution in [1.29, 1.82) is 0 Å². The van der Waals surface area contributed by atoms with Crippen molar-refractivity contribution >= 4 is 10.0 Å². The van der Waals surface area contributed by atoms with Gasteiger partial charge in [-0.15, -0.1) is 0 Å². The van der Waals surface area contributed by atoms with E-state index in [1.54, 1.807) is 6.07 Å². The lowest BCUT2D eigenvalue weighted by atomic mass is 10.3. The summed E-state index contributed by atoms with van der Waals surface area (Å²) in [5, 5.41) is 0. The van der Waals surface area contributed by atoms with Crippen molar-refractivity contribution in [3.8, 4) is 11.4 Å². The summed E-state index contributed by atoms with van der Waals surface area (Å²) in [4.78, 5) is 9.32. The number of nitrogens with zero attached hydrogens (tertiary/aromatic N) is 3. The first-order valence-corrected chi connectivity index (χ1v) is 8.40. The summed E-state index contributed by atoms with van der Waals surface area (Å²) in [6.07, 6.45) is -1.41. The molecule has 25 heavy (non-hydrogen) atoms. The van der Waals surface area contributed by atoms with Crippen molar-refractivity contribution in [3.63, 3.8) is 0 Å². The Bertz CT molecular complexity index is 971. The minimum atomic E-state index is -4.72. The highest BCUT2D eigenvalue weighted by atomic mass is 32.2. The van der Waals surface area contributed by atoms with E-state index in [-0.39, 0.29) is 16.3 Å². The summed E-state index contributed by atoms with van der Waals surface area (Å²) in [6.45, 7) is 0. The van der Waals surface area contributed by atoms with Crippen LogP contribution in [0.25, 0.3) is 11.4 Å². The van der Waals surface area contributed by atoms with E-state index < -0.39 is 21.9 Å². The number of sulfonamides is 1. The number of nitrogens with one attached hydrogen (secondary N) is 1. The molecule has 0 unspecified atom stereocenters. The van der Waals surface area contributed by atoms with Gasteiger partial charge >= 0.3 is 6.18 Å². The van der Waals surface area contributed by atoms with Crippen LogP contribution < -0.4 is 4.83 Å². The molecule has 0 saturated carbocycles. The summed E-state index contributed by atoms with van der Waals surface area (Å²) < 4.78 is 64.5. The SMILES string of the molecule is O=S(=O)(Nn1cc(C(F)(F)F)nc1-c1cccnc1)c1ccccc1. The van der Waals surface area contributed by atoms with Crippen LogP contribution in [0.2, 0.25) is 0 Å². The van der Waals surface area contributed by atoms with E-state index in [4.69, 9.17) is 0 Å². The molecule has 0 atom stereocenters. The zero-order valence-corrected chi connectivity index (χ0v) is 13.3. The summed E-state index contributed by atoms with van der Waals surface area (Å²) in [5.41, 5.74) is -0.990. The standard InChI is InChI=1S/C15H11F3N4O2S/c16-15(17,18)13-10-22(14(20-13)11-5-4-8-19-9-11)21-25(23,24)12-6-2-1-3-7-12/h1-10,21H. The molecule has 0 bridgehead atoms. The second-order valence-corrected chi connectivity index (χ2v) is 6.63. The maximum atomic E-state index is 13.0. The molecule has 0 aliphatic rings. The quantitative estimate of drug-likeness (QED) is 0.768. The van der Waals surface area contributed by atoms with Gasteiger partial charge in [0.25, 0.3) is 10.0 Å². The van der Waals surface area contributed by atoms with Crippen molar-refractivity contribution in [2.24, 2.45) is 0 Å². The number of imidazole rings is 1. The molecule has 0 aliphatic heterocycles. The third-order valence-corrected chi connectivity index (χ3v) is 4.52. The van der Waals surface area contributed by atoms with Crippen LogP contribution in [-0.2, 0) is 16.2 Å². The zero-order chi connectivity index (χ0) is 18.1. The van der Waals surface area contributed by atoms with Crippen molar-refractivity contribution in [2.75, 3.05) is 4.83 Å². The number of benzene rings is 1. The fourth-order valence-electron chi connectivity index (χ4n) is 2.07. The minimum Gasteiger partial charge on any atom is -0.264 e. The fourth-order valence-corrected chi connectivity index (χ4v) is 3.09. The van der Waals surface area contributed by atoms with Crippen LogP contribution in [0.5, 0.6) is 0 Å². The van der Waals surface area contributed by atoms with Gasteiger partial charge in [0.05, 0.1) is 11.1 Å². The molecule has 2 aromatic heterocycles. The molecule has 1 aromatic carbocycles. The first kappa shape index (κ1) is 17.0. The lowest BCUT2D eigenvalue weighted by Crippen LogP contribution is -2.23. The van der Waals surface area contributed by atoms with E-state index in [9.17, 15) is 21.6 Å². The third-order valence-electron chi connectivity index (χ3n) is 3.19. The van der Waals surface area contributed by atoms with Crippen LogP contribution >= 0.6 is 0 Å². The summed E-state index contributed by atoms with van der Waals surface area (Å²) in [7, 11) is -4.09. The molecule has 130 valence electrons. The average molecular weight is 368 g/mol. The molecule has 0 saturated heterocycles. The van der Waals surface area contributed by atoms with E-state index >= 15 is 0 Å². The second-order valence-electron chi connectivity index (χ2n) is 4.97. The lowest BCUT2D eigenvalue weighted by molar-refractivity contribution is -0.140. The van der Waals surface area contributed by atoms with Crippen molar-refractivity contribution < 1.29 is 21.6 Å². The number of rotatable bonds is 4. The highest BCUT2D eigenvalue weighted by Gasteiger charge is 2.35. The molecule has 0 spiro atoms. The molecule has 10 heteroatoms. The Morgan fingerprint density at radius 1 is 1.04 bits per heavy atom. The Kier molecular flexibility index (Phi) is 4.21. The Balaban J connectivity index is 2.08. The monoisotopic (exact) mass is 368 g/mol. The number of hydrogen-bond acceptors (Lipinski definition) is 4. The number of hydrogen-bond donors (Lipinski definition) is 1. The van der Waals surface area contributed by atoms with Crippen LogP contribution in [0.3, 0.4) is 0 Å². The van der Waals surface area contributed by atoms with Gasteiger partial charge in [-0.25, -0.2) is 14.5 Å². The summed E-state index contributed by atoms with van der Waals surface area (Å²) in [5.74, 6) is -0.222. The Morgan fingerprint density at radius 2 is 1.76 bits per heavy atom. The maximum absolute atomic E-state index is 13.0. The number of halogens is 3. The van der Waals surface area contributed by atoms with Gasteiger partial charge in [-0.2, -0.15) is 21.6 Å². The van der Waals surface area contributed by atoms with E-state index in [2.05, 4.69) is 14.8 Å². The summed E-state index contributed by atoms with van der Waals surface area (Å²) in [6, 6.07) is 10.3. The van der Waals surface area contributed by atoms with E-state index in [1.165, 1.54) is 48.8 Å². The Morgan fingerprint density at radius 3 is 2.36 bits per heavy atom. The van der Waals surface area contributed by atoms with E-state index in [1.807, 2.05) is 0 Å². The number of alkyl halides is 3. The Labute approximate surface area is 141 Å². The summed E-state index contributed by atoms with van der Waals surface area (Å²) >= 11 is 0. The molecular weight excluding hydrogens is 357 g/mol. The molecule has 0 aliphatic carbocycles. The first-order chi connectivity index (χ1) is 11.8. The highest BCUT2D eigenvalue weighted by Crippen LogP contribution is 2.30. The highest BCUT2D eigenvalue weighted by molar-refractivity contribution is 7.92. The molecule has 3 aromatic rings. The number of aromatic nitrogens is 3. The van der Waals surface area contributed by atoms with Crippen molar-refractivity contribution in [2.45, 2.75) is 11.1 Å². The third kappa shape index (κ3) is 3.63. The maximum Gasteiger partial charge on any atom is 0.434 e. The molecule has 3 rings (SSSR count). The minimum absolute atomic E-state index is 0.0885. The van der Waals surface area contributed by atoms with Gasteiger partial charge in [-0.1, -0.05) is 18.2 Å². The van der Waals surface area contributed by atoms with Gasteiger partial charge in [0.15, 0.2) is 11.5 Å². The second kappa shape index (κ2) is 6.20. The lowest BCUT2D eigenvalue weighted by Gasteiger charge is -2.11. The number of pyridine rings is 1. The first-order valence-electron chi connectivity index (χ1n) is 6.92. The molecular formula is C15H11F3N4O2S. The van der Waals surface area contributed by atoms with Gasteiger partial charge in [-0.05, 0) is 24.3 Å². The van der Waals surface area contributed by atoms with Crippen LogP contribution in [-0.4, -0.2) is 23.1 Å². The van der Waals surface area contributed by atoms with Crippen LogP contribution in [0.15, 0.2) is 66.0 Å². The van der Waals surface area contributed by atoms with Gasteiger partial charge in [0.2, 0.25) is 0 Å². The molecule has 6 nitrogen and oxygen atoms in total. The normalized spacial score (nSPS) is 12.1. The smallest absolute Gasteiger partial charge is 0.264 e. The predicted octanol–water partition coefficient (Wildman–Crippen LogP) is 2.90. The van der Waals surface area contributed by atoms with Gasteiger partial charge < -0.3 is 0 Å². The van der Waals surface area contributed by atoms with Crippen LogP contribution in [0.4, 0.5) is 13.2 Å². The van der Waals surface area contributed by atoms with Crippen LogP contribution in [0, 0.1) is 0 Å². The largest absolute Gasteiger partial charge is 0.434 e. The molecule has 1 N–H and O–H groups in total. The predicted molar refractivity (Wildman–Crippen MR) is 83.4 cm³/mol. The van der Waals surface area contributed by atoms with Crippen molar-refractivity contribution in [3.05, 3.63) is 66.7 Å². The van der Waals surface area contributed by atoms with Gasteiger partial charge in [0.1, 0.15) is 0 Å². The molecule has 0 fully saturated rings. The van der Waals surface area contributed by atoms with E-state index in [0.29, 0.717) is 6.20 Å². The molecule has 2 heterocycles. The average Bonchev–Trinajstić information content (AvgIpc) is 3.00. The van der Waals surface area contributed by atoms with Gasteiger partial charge in [-0.3, -0.25) is 4.98 Å².